The fourth-order valence-corrected chi connectivity index (χ4v) is 1.94. The van der Waals surface area contributed by atoms with Crippen molar-refractivity contribution in [2.45, 2.75) is 27.2 Å². The molecule has 1 aromatic rings. The molecule has 1 aromatic carbocycles. The summed E-state index contributed by atoms with van der Waals surface area (Å²) in [6, 6.07) is 8.37. The Hall–Kier alpha value is -1.06. The van der Waals surface area contributed by atoms with Crippen LogP contribution in [0.25, 0.3) is 0 Å². The van der Waals surface area contributed by atoms with Gasteiger partial charge in [0.2, 0.25) is 0 Å². The molecular formula is C16H27NO2. The molecule has 3 heteroatoms. The zero-order chi connectivity index (χ0) is 13.9. The Morgan fingerprint density at radius 2 is 1.74 bits per heavy atom. The van der Waals surface area contributed by atoms with Crippen molar-refractivity contribution in [3.05, 3.63) is 29.8 Å². The van der Waals surface area contributed by atoms with Crippen molar-refractivity contribution in [1.29, 1.82) is 0 Å². The molecule has 1 heterocycles. The van der Waals surface area contributed by atoms with E-state index in [1.807, 2.05) is 13.8 Å². The first kappa shape index (κ1) is 16.0. The summed E-state index contributed by atoms with van der Waals surface area (Å²) in [6.45, 7) is 11.7. The lowest BCUT2D eigenvalue weighted by Gasteiger charge is -2.26. The summed E-state index contributed by atoms with van der Waals surface area (Å²) in [5, 5.41) is 0. The maximum Gasteiger partial charge on any atom is 0.119 e. The number of hydrogen-bond acceptors (Lipinski definition) is 3. The van der Waals surface area contributed by atoms with Gasteiger partial charge in [-0.3, -0.25) is 4.90 Å². The van der Waals surface area contributed by atoms with Crippen LogP contribution in [0.4, 0.5) is 0 Å². The van der Waals surface area contributed by atoms with Crippen LogP contribution in [0.1, 0.15) is 26.3 Å². The third kappa shape index (κ3) is 6.08. The molecule has 0 amide bonds. The molecule has 0 N–H and O–H groups in total. The Labute approximate surface area is 117 Å². The molecule has 1 saturated heterocycles. The van der Waals surface area contributed by atoms with Gasteiger partial charge in [0, 0.05) is 19.6 Å². The summed E-state index contributed by atoms with van der Waals surface area (Å²) < 4.78 is 11.0. The van der Waals surface area contributed by atoms with E-state index >= 15 is 0 Å². The second kappa shape index (κ2) is 9.82. The molecule has 0 bridgehead atoms. The minimum atomic E-state index is 0.755. The van der Waals surface area contributed by atoms with E-state index in [-0.39, 0.29) is 0 Å². The van der Waals surface area contributed by atoms with E-state index in [4.69, 9.17) is 9.47 Å². The Kier molecular flexibility index (Phi) is 8.26. The normalized spacial score (nSPS) is 15.5. The molecule has 0 spiro atoms. The quantitative estimate of drug-likeness (QED) is 0.817. The van der Waals surface area contributed by atoms with Gasteiger partial charge in [0.05, 0.1) is 13.2 Å². The largest absolute Gasteiger partial charge is 0.492 e. The van der Waals surface area contributed by atoms with E-state index in [1.165, 1.54) is 5.56 Å². The zero-order valence-electron chi connectivity index (χ0n) is 12.5. The van der Waals surface area contributed by atoms with Crippen molar-refractivity contribution < 1.29 is 9.47 Å². The van der Waals surface area contributed by atoms with E-state index in [2.05, 4.69) is 36.1 Å². The van der Waals surface area contributed by atoms with E-state index in [1.54, 1.807) is 0 Å². The van der Waals surface area contributed by atoms with Crippen LogP contribution < -0.4 is 4.74 Å². The number of hydrogen-bond donors (Lipinski definition) is 0. The number of aryl methyl sites for hydroxylation is 1. The minimum absolute atomic E-state index is 0.755. The monoisotopic (exact) mass is 265 g/mol. The van der Waals surface area contributed by atoms with Crippen molar-refractivity contribution in [1.82, 2.24) is 4.90 Å². The van der Waals surface area contributed by atoms with Gasteiger partial charge in [-0.25, -0.2) is 0 Å². The second-order valence-corrected chi connectivity index (χ2v) is 4.30. The van der Waals surface area contributed by atoms with Gasteiger partial charge in [-0.15, -0.1) is 0 Å². The summed E-state index contributed by atoms with van der Waals surface area (Å²) in [7, 11) is 0. The maximum atomic E-state index is 5.73. The SMILES string of the molecule is CC.CCc1ccc(OCCN2CCOCC2)cc1. The molecule has 2 rings (SSSR count). The van der Waals surface area contributed by atoms with Crippen LogP contribution >= 0.6 is 0 Å². The first-order chi connectivity index (χ1) is 9.38. The molecule has 19 heavy (non-hydrogen) atoms. The topological polar surface area (TPSA) is 21.7 Å². The lowest BCUT2D eigenvalue weighted by Crippen LogP contribution is -2.38. The zero-order valence-corrected chi connectivity index (χ0v) is 12.5. The Morgan fingerprint density at radius 1 is 1.11 bits per heavy atom. The number of benzene rings is 1. The van der Waals surface area contributed by atoms with Crippen LogP contribution in [-0.2, 0) is 11.2 Å². The van der Waals surface area contributed by atoms with E-state index in [9.17, 15) is 0 Å². The third-order valence-electron chi connectivity index (χ3n) is 3.11. The van der Waals surface area contributed by atoms with E-state index < -0.39 is 0 Å². The Balaban J connectivity index is 0.000000861. The highest BCUT2D eigenvalue weighted by atomic mass is 16.5. The van der Waals surface area contributed by atoms with Crippen LogP contribution in [0.3, 0.4) is 0 Å². The standard InChI is InChI=1S/C14H21NO2.C2H6/c1-2-13-3-5-14(6-4-13)17-12-9-15-7-10-16-11-8-15;1-2/h3-6H,2,7-12H2,1H3;1-2H3. The summed E-state index contributed by atoms with van der Waals surface area (Å²) >= 11 is 0. The number of nitrogens with zero attached hydrogens (tertiary/aromatic N) is 1. The molecule has 0 aliphatic carbocycles. The molecule has 1 aliphatic heterocycles. The molecule has 0 radical (unpaired) electrons. The molecule has 1 fully saturated rings. The average Bonchev–Trinajstić information content (AvgIpc) is 2.51. The number of rotatable bonds is 5. The van der Waals surface area contributed by atoms with Crippen molar-refractivity contribution >= 4 is 0 Å². The Bertz CT molecular complexity index is 318. The second-order valence-electron chi connectivity index (χ2n) is 4.30. The first-order valence-corrected chi connectivity index (χ1v) is 7.40. The molecule has 0 saturated carbocycles. The summed E-state index contributed by atoms with van der Waals surface area (Å²) in [5.74, 6) is 0.968. The highest BCUT2D eigenvalue weighted by Gasteiger charge is 2.09. The predicted octanol–water partition coefficient (Wildman–Crippen LogP) is 2.99. The van der Waals surface area contributed by atoms with Gasteiger partial charge in [-0.2, -0.15) is 0 Å². The van der Waals surface area contributed by atoms with Gasteiger partial charge >= 0.3 is 0 Å². The maximum absolute atomic E-state index is 5.73. The van der Waals surface area contributed by atoms with E-state index in [0.29, 0.717) is 0 Å². The van der Waals surface area contributed by atoms with Crippen LogP contribution in [0.15, 0.2) is 24.3 Å². The molecule has 0 unspecified atom stereocenters. The predicted molar refractivity (Wildman–Crippen MR) is 79.9 cm³/mol. The highest BCUT2D eigenvalue weighted by molar-refractivity contribution is 5.27. The van der Waals surface area contributed by atoms with Gasteiger partial charge in [0.1, 0.15) is 12.4 Å². The molecule has 0 atom stereocenters. The van der Waals surface area contributed by atoms with Gasteiger partial charge in [0.25, 0.3) is 0 Å². The Morgan fingerprint density at radius 3 is 2.32 bits per heavy atom. The van der Waals surface area contributed by atoms with Gasteiger partial charge in [-0.05, 0) is 24.1 Å². The van der Waals surface area contributed by atoms with Crippen LogP contribution in [0, 0.1) is 0 Å². The summed E-state index contributed by atoms with van der Waals surface area (Å²) in [5.41, 5.74) is 1.35. The lowest BCUT2D eigenvalue weighted by atomic mass is 10.2. The minimum Gasteiger partial charge on any atom is -0.492 e. The van der Waals surface area contributed by atoms with Crippen LogP contribution in [0.2, 0.25) is 0 Å². The van der Waals surface area contributed by atoms with Gasteiger partial charge < -0.3 is 9.47 Å². The molecular weight excluding hydrogens is 238 g/mol. The fraction of sp³-hybridized carbons (Fsp3) is 0.625. The first-order valence-electron chi connectivity index (χ1n) is 7.40. The molecule has 108 valence electrons. The van der Waals surface area contributed by atoms with Gasteiger partial charge in [-0.1, -0.05) is 32.9 Å². The highest BCUT2D eigenvalue weighted by Crippen LogP contribution is 2.12. The third-order valence-corrected chi connectivity index (χ3v) is 3.11. The number of ether oxygens (including phenoxy) is 2. The summed E-state index contributed by atoms with van der Waals surface area (Å²) in [6.07, 6.45) is 1.08. The van der Waals surface area contributed by atoms with Crippen molar-refractivity contribution in [2.24, 2.45) is 0 Å². The average molecular weight is 265 g/mol. The molecule has 1 aliphatic rings. The molecule has 3 nitrogen and oxygen atoms in total. The van der Waals surface area contributed by atoms with Crippen molar-refractivity contribution in [2.75, 3.05) is 39.5 Å². The van der Waals surface area contributed by atoms with Crippen LogP contribution in [0.5, 0.6) is 5.75 Å². The van der Waals surface area contributed by atoms with E-state index in [0.717, 1.165) is 51.6 Å². The van der Waals surface area contributed by atoms with Crippen molar-refractivity contribution in [3.8, 4) is 5.75 Å². The number of morpholine rings is 1. The van der Waals surface area contributed by atoms with Crippen molar-refractivity contribution in [3.63, 3.8) is 0 Å². The smallest absolute Gasteiger partial charge is 0.119 e. The summed E-state index contributed by atoms with van der Waals surface area (Å²) in [4.78, 5) is 2.38. The van der Waals surface area contributed by atoms with Gasteiger partial charge in [0.15, 0.2) is 0 Å². The fourth-order valence-electron chi connectivity index (χ4n) is 1.94. The lowest BCUT2D eigenvalue weighted by molar-refractivity contribution is 0.0322. The molecule has 0 aromatic heterocycles. The van der Waals surface area contributed by atoms with Crippen LogP contribution in [-0.4, -0.2) is 44.4 Å².